The molecule has 1 saturated heterocycles. The average molecular weight is 274 g/mol. The van der Waals surface area contributed by atoms with Gasteiger partial charge in [0.05, 0.1) is 33.0 Å². The van der Waals surface area contributed by atoms with Gasteiger partial charge in [0.25, 0.3) is 0 Å². The standard InChI is InChI=1S/C14H30N2O3/c1-17-11-12-19-14-13-18-10-6-15-5-4-9-16-7-2-3-8-16/h15H,2-14H2,1H3. The molecule has 0 aliphatic carbocycles. The minimum absolute atomic E-state index is 0.647. The van der Waals surface area contributed by atoms with E-state index in [0.29, 0.717) is 26.4 Å². The van der Waals surface area contributed by atoms with Gasteiger partial charge < -0.3 is 24.4 Å². The molecule has 0 amide bonds. The van der Waals surface area contributed by atoms with Crippen molar-refractivity contribution in [3.8, 4) is 0 Å². The quantitative estimate of drug-likeness (QED) is 0.502. The monoisotopic (exact) mass is 274 g/mol. The highest BCUT2D eigenvalue weighted by Crippen LogP contribution is 2.06. The van der Waals surface area contributed by atoms with Gasteiger partial charge in [-0.1, -0.05) is 0 Å². The average Bonchev–Trinajstić information content (AvgIpc) is 2.93. The Kier molecular flexibility index (Phi) is 11.4. The second kappa shape index (κ2) is 12.8. The zero-order chi connectivity index (χ0) is 13.6. The first-order chi connectivity index (χ1) is 9.43. The molecular weight excluding hydrogens is 244 g/mol. The summed E-state index contributed by atoms with van der Waals surface area (Å²) in [5.74, 6) is 0. The molecule has 1 heterocycles. The Morgan fingerprint density at radius 1 is 0.895 bits per heavy atom. The maximum absolute atomic E-state index is 5.46. The molecular formula is C14H30N2O3. The van der Waals surface area contributed by atoms with Gasteiger partial charge >= 0.3 is 0 Å². The van der Waals surface area contributed by atoms with Crippen molar-refractivity contribution in [2.24, 2.45) is 0 Å². The second-order valence-electron chi connectivity index (χ2n) is 4.87. The summed E-state index contributed by atoms with van der Waals surface area (Å²) in [6, 6.07) is 0. The molecule has 0 spiro atoms. The lowest BCUT2D eigenvalue weighted by atomic mass is 10.4. The topological polar surface area (TPSA) is 43.0 Å². The normalized spacial score (nSPS) is 16.3. The van der Waals surface area contributed by atoms with E-state index in [1.807, 2.05) is 0 Å². The first-order valence-corrected chi connectivity index (χ1v) is 7.51. The second-order valence-corrected chi connectivity index (χ2v) is 4.87. The summed E-state index contributed by atoms with van der Waals surface area (Å²) < 4.78 is 15.6. The number of rotatable bonds is 13. The zero-order valence-electron chi connectivity index (χ0n) is 12.4. The van der Waals surface area contributed by atoms with Crippen molar-refractivity contribution in [2.45, 2.75) is 19.3 Å². The molecule has 0 radical (unpaired) electrons. The van der Waals surface area contributed by atoms with Crippen molar-refractivity contribution < 1.29 is 14.2 Å². The van der Waals surface area contributed by atoms with Crippen LogP contribution in [0.1, 0.15) is 19.3 Å². The molecule has 5 nitrogen and oxygen atoms in total. The van der Waals surface area contributed by atoms with E-state index in [1.165, 1.54) is 38.9 Å². The predicted octanol–water partition coefficient (Wildman–Crippen LogP) is 0.742. The van der Waals surface area contributed by atoms with Gasteiger partial charge in [0.1, 0.15) is 0 Å². The van der Waals surface area contributed by atoms with Crippen molar-refractivity contribution in [3.63, 3.8) is 0 Å². The van der Waals surface area contributed by atoms with E-state index in [9.17, 15) is 0 Å². The van der Waals surface area contributed by atoms with Crippen LogP contribution in [0.15, 0.2) is 0 Å². The number of ether oxygens (including phenoxy) is 3. The Balaban J connectivity index is 1.67. The largest absolute Gasteiger partial charge is 0.382 e. The van der Waals surface area contributed by atoms with E-state index in [-0.39, 0.29) is 0 Å². The molecule has 1 rings (SSSR count). The maximum Gasteiger partial charge on any atom is 0.0701 e. The summed E-state index contributed by atoms with van der Waals surface area (Å²) >= 11 is 0. The van der Waals surface area contributed by atoms with Crippen molar-refractivity contribution in [1.29, 1.82) is 0 Å². The highest BCUT2D eigenvalue weighted by molar-refractivity contribution is 4.66. The molecule has 114 valence electrons. The fraction of sp³-hybridized carbons (Fsp3) is 1.00. The predicted molar refractivity (Wildman–Crippen MR) is 76.7 cm³/mol. The number of methoxy groups -OCH3 is 1. The van der Waals surface area contributed by atoms with E-state index in [0.717, 1.165) is 19.7 Å². The molecule has 1 N–H and O–H groups in total. The number of hydrogen-bond donors (Lipinski definition) is 1. The summed E-state index contributed by atoms with van der Waals surface area (Å²) in [6.07, 6.45) is 4.00. The molecule has 1 aliphatic rings. The Labute approximate surface area is 117 Å². The van der Waals surface area contributed by atoms with Gasteiger partial charge in [-0.05, 0) is 45.4 Å². The first-order valence-electron chi connectivity index (χ1n) is 7.51. The Bertz CT molecular complexity index is 188. The molecule has 0 aromatic heterocycles. The molecule has 0 atom stereocenters. The SMILES string of the molecule is COCCOCCOCCNCCCN1CCCC1. The molecule has 0 aromatic carbocycles. The van der Waals surface area contributed by atoms with Crippen LogP contribution in [0, 0.1) is 0 Å². The Hall–Kier alpha value is -0.200. The van der Waals surface area contributed by atoms with Crippen LogP contribution in [0.5, 0.6) is 0 Å². The van der Waals surface area contributed by atoms with Crippen LogP contribution in [0.25, 0.3) is 0 Å². The molecule has 19 heavy (non-hydrogen) atoms. The molecule has 0 aromatic rings. The van der Waals surface area contributed by atoms with E-state index >= 15 is 0 Å². The Morgan fingerprint density at radius 3 is 2.32 bits per heavy atom. The number of nitrogens with one attached hydrogen (secondary N) is 1. The lowest BCUT2D eigenvalue weighted by Gasteiger charge is -2.14. The maximum atomic E-state index is 5.46. The summed E-state index contributed by atoms with van der Waals surface area (Å²) in [5.41, 5.74) is 0. The number of nitrogens with zero attached hydrogens (tertiary/aromatic N) is 1. The molecule has 0 bridgehead atoms. The van der Waals surface area contributed by atoms with Gasteiger partial charge in [-0.2, -0.15) is 0 Å². The van der Waals surface area contributed by atoms with Crippen LogP contribution in [0.3, 0.4) is 0 Å². The summed E-state index contributed by atoms with van der Waals surface area (Å²) in [7, 11) is 1.68. The molecule has 0 saturated carbocycles. The van der Waals surface area contributed by atoms with E-state index in [4.69, 9.17) is 14.2 Å². The van der Waals surface area contributed by atoms with Crippen LogP contribution in [0.2, 0.25) is 0 Å². The highest BCUT2D eigenvalue weighted by atomic mass is 16.5. The fourth-order valence-corrected chi connectivity index (χ4v) is 2.17. The van der Waals surface area contributed by atoms with Gasteiger partial charge in [-0.25, -0.2) is 0 Å². The summed E-state index contributed by atoms with van der Waals surface area (Å²) in [6.45, 7) is 9.23. The minimum atomic E-state index is 0.647. The van der Waals surface area contributed by atoms with Gasteiger partial charge in [0, 0.05) is 13.7 Å². The lowest BCUT2D eigenvalue weighted by molar-refractivity contribution is 0.0256. The van der Waals surface area contributed by atoms with Gasteiger partial charge in [-0.3, -0.25) is 0 Å². The third-order valence-corrected chi connectivity index (χ3v) is 3.25. The van der Waals surface area contributed by atoms with Crippen LogP contribution in [0.4, 0.5) is 0 Å². The lowest BCUT2D eigenvalue weighted by Crippen LogP contribution is -2.26. The molecule has 0 unspecified atom stereocenters. The highest BCUT2D eigenvalue weighted by Gasteiger charge is 2.09. The van der Waals surface area contributed by atoms with Crippen LogP contribution < -0.4 is 5.32 Å². The zero-order valence-corrected chi connectivity index (χ0v) is 12.4. The van der Waals surface area contributed by atoms with Crippen LogP contribution in [-0.4, -0.2) is 77.8 Å². The third-order valence-electron chi connectivity index (χ3n) is 3.25. The van der Waals surface area contributed by atoms with E-state index < -0.39 is 0 Å². The van der Waals surface area contributed by atoms with E-state index in [1.54, 1.807) is 7.11 Å². The molecule has 1 aliphatic heterocycles. The summed E-state index contributed by atoms with van der Waals surface area (Å²) in [4.78, 5) is 2.55. The van der Waals surface area contributed by atoms with Crippen molar-refractivity contribution in [1.82, 2.24) is 10.2 Å². The van der Waals surface area contributed by atoms with Crippen molar-refractivity contribution >= 4 is 0 Å². The van der Waals surface area contributed by atoms with Crippen LogP contribution >= 0.6 is 0 Å². The van der Waals surface area contributed by atoms with E-state index in [2.05, 4.69) is 10.2 Å². The number of hydrogen-bond acceptors (Lipinski definition) is 5. The molecule has 5 heteroatoms. The Morgan fingerprint density at radius 2 is 1.58 bits per heavy atom. The summed E-state index contributed by atoms with van der Waals surface area (Å²) in [5, 5.41) is 3.41. The smallest absolute Gasteiger partial charge is 0.0701 e. The minimum Gasteiger partial charge on any atom is -0.382 e. The van der Waals surface area contributed by atoms with Gasteiger partial charge in [0.2, 0.25) is 0 Å². The molecule has 1 fully saturated rings. The van der Waals surface area contributed by atoms with Crippen molar-refractivity contribution in [2.75, 3.05) is 72.9 Å². The third kappa shape index (κ3) is 10.3. The van der Waals surface area contributed by atoms with Gasteiger partial charge in [0.15, 0.2) is 0 Å². The van der Waals surface area contributed by atoms with Gasteiger partial charge in [-0.15, -0.1) is 0 Å². The van der Waals surface area contributed by atoms with Crippen LogP contribution in [-0.2, 0) is 14.2 Å². The fourth-order valence-electron chi connectivity index (χ4n) is 2.17. The number of likely N-dealkylation sites (tertiary alicyclic amines) is 1. The van der Waals surface area contributed by atoms with Crippen molar-refractivity contribution in [3.05, 3.63) is 0 Å². The first kappa shape index (κ1) is 16.9.